The number of benzene rings is 1. The first-order valence-corrected chi connectivity index (χ1v) is 6.24. The molecular formula is C13H18N2O3. The standard InChI is InChI=1S/C13H18N2O3/c1-9-12(3-2-4-13(9)15(17)18)14-8-10-5-6-11(16)7-10/h2-4,10-11,14,16H,5-8H2,1H3. The third-order valence-electron chi connectivity index (χ3n) is 3.60. The van der Waals surface area contributed by atoms with Crippen molar-refractivity contribution >= 4 is 11.4 Å². The summed E-state index contributed by atoms with van der Waals surface area (Å²) in [5, 5.41) is 23.5. The number of hydrogen-bond donors (Lipinski definition) is 2. The molecule has 1 aliphatic rings. The molecule has 0 spiro atoms. The average Bonchev–Trinajstić information content (AvgIpc) is 2.73. The van der Waals surface area contributed by atoms with Gasteiger partial charge < -0.3 is 10.4 Å². The summed E-state index contributed by atoms with van der Waals surface area (Å²) in [4.78, 5) is 10.5. The number of nitro groups is 1. The highest BCUT2D eigenvalue weighted by atomic mass is 16.6. The number of nitrogens with one attached hydrogen (secondary N) is 1. The zero-order valence-electron chi connectivity index (χ0n) is 10.4. The number of aliphatic hydroxyl groups is 1. The van der Waals surface area contributed by atoms with Gasteiger partial charge in [0.05, 0.1) is 11.0 Å². The number of rotatable bonds is 4. The quantitative estimate of drug-likeness (QED) is 0.636. The van der Waals surface area contributed by atoms with Gasteiger partial charge in [-0.3, -0.25) is 10.1 Å². The molecular weight excluding hydrogens is 232 g/mol. The maximum absolute atomic E-state index is 10.8. The molecule has 1 aromatic carbocycles. The largest absolute Gasteiger partial charge is 0.393 e. The number of nitro benzene ring substituents is 1. The lowest BCUT2D eigenvalue weighted by Crippen LogP contribution is -2.13. The van der Waals surface area contributed by atoms with Crippen molar-refractivity contribution in [2.24, 2.45) is 5.92 Å². The molecule has 2 unspecified atom stereocenters. The predicted molar refractivity (Wildman–Crippen MR) is 69.7 cm³/mol. The van der Waals surface area contributed by atoms with E-state index in [0.29, 0.717) is 11.5 Å². The second-order valence-electron chi connectivity index (χ2n) is 4.92. The van der Waals surface area contributed by atoms with Crippen molar-refractivity contribution in [2.75, 3.05) is 11.9 Å². The maximum Gasteiger partial charge on any atom is 0.274 e. The molecule has 1 saturated carbocycles. The third kappa shape index (κ3) is 2.79. The Kier molecular flexibility index (Phi) is 3.81. The summed E-state index contributed by atoms with van der Waals surface area (Å²) >= 11 is 0. The summed E-state index contributed by atoms with van der Waals surface area (Å²) < 4.78 is 0. The van der Waals surface area contributed by atoms with Crippen molar-refractivity contribution in [3.63, 3.8) is 0 Å². The molecule has 98 valence electrons. The van der Waals surface area contributed by atoms with Gasteiger partial charge in [-0.1, -0.05) is 6.07 Å². The number of hydrogen-bond acceptors (Lipinski definition) is 4. The van der Waals surface area contributed by atoms with Crippen molar-refractivity contribution in [2.45, 2.75) is 32.3 Å². The fraction of sp³-hybridized carbons (Fsp3) is 0.538. The maximum atomic E-state index is 10.8. The molecule has 0 aromatic heterocycles. The van der Waals surface area contributed by atoms with Crippen LogP contribution in [0.25, 0.3) is 0 Å². The molecule has 1 aromatic rings. The average molecular weight is 250 g/mol. The fourth-order valence-corrected chi connectivity index (χ4v) is 2.50. The predicted octanol–water partition coefficient (Wildman–Crippen LogP) is 2.48. The van der Waals surface area contributed by atoms with Crippen molar-refractivity contribution in [1.29, 1.82) is 0 Å². The van der Waals surface area contributed by atoms with Crippen LogP contribution in [0.4, 0.5) is 11.4 Å². The molecule has 5 heteroatoms. The Morgan fingerprint density at radius 2 is 2.28 bits per heavy atom. The van der Waals surface area contributed by atoms with Gasteiger partial charge in [0.25, 0.3) is 5.69 Å². The Morgan fingerprint density at radius 3 is 2.89 bits per heavy atom. The highest BCUT2D eigenvalue weighted by molar-refractivity contribution is 5.59. The lowest BCUT2D eigenvalue weighted by molar-refractivity contribution is -0.385. The van der Waals surface area contributed by atoms with E-state index >= 15 is 0 Å². The zero-order chi connectivity index (χ0) is 13.1. The Labute approximate surface area is 106 Å². The monoisotopic (exact) mass is 250 g/mol. The third-order valence-corrected chi connectivity index (χ3v) is 3.60. The molecule has 2 rings (SSSR count). The van der Waals surface area contributed by atoms with Crippen LogP contribution in [0.15, 0.2) is 18.2 Å². The van der Waals surface area contributed by atoms with Crippen molar-refractivity contribution < 1.29 is 10.0 Å². The van der Waals surface area contributed by atoms with Gasteiger partial charge in [-0.2, -0.15) is 0 Å². The fourth-order valence-electron chi connectivity index (χ4n) is 2.50. The van der Waals surface area contributed by atoms with Gasteiger partial charge in [0.2, 0.25) is 0 Å². The van der Waals surface area contributed by atoms with Gasteiger partial charge in [0.15, 0.2) is 0 Å². The molecule has 1 fully saturated rings. The van der Waals surface area contributed by atoms with Gasteiger partial charge in [0, 0.05) is 23.9 Å². The van der Waals surface area contributed by atoms with Crippen molar-refractivity contribution in [3.8, 4) is 0 Å². The summed E-state index contributed by atoms with van der Waals surface area (Å²) in [6.45, 7) is 2.52. The number of nitrogens with zero attached hydrogens (tertiary/aromatic N) is 1. The SMILES string of the molecule is Cc1c(NCC2CCC(O)C2)cccc1[N+](=O)[O-]. The van der Waals surface area contributed by atoms with Gasteiger partial charge in [0.1, 0.15) is 0 Å². The second kappa shape index (κ2) is 5.35. The van der Waals surface area contributed by atoms with Gasteiger partial charge in [-0.05, 0) is 38.2 Å². The molecule has 0 heterocycles. The highest BCUT2D eigenvalue weighted by Crippen LogP contribution is 2.28. The topological polar surface area (TPSA) is 75.4 Å². The summed E-state index contributed by atoms with van der Waals surface area (Å²) in [7, 11) is 0. The molecule has 0 radical (unpaired) electrons. The van der Waals surface area contributed by atoms with Crippen LogP contribution >= 0.6 is 0 Å². The normalized spacial score (nSPS) is 23.0. The lowest BCUT2D eigenvalue weighted by atomic mass is 10.1. The Hall–Kier alpha value is -1.62. The van der Waals surface area contributed by atoms with E-state index < -0.39 is 0 Å². The molecule has 0 bridgehead atoms. The number of aliphatic hydroxyl groups excluding tert-OH is 1. The zero-order valence-corrected chi connectivity index (χ0v) is 10.4. The van der Waals surface area contributed by atoms with E-state index in [1.165, 1.54) is 6.07 Å². The molecule has 0 amide bonds. The van der Waals surface area contributed by atoms with E-state index in [1.807, 2.05) is 6.07 Å². The van der Waals surface area contributed by atoms with Crippen LogP contribution < -0.4 is 5.32 Å². The smallest absolute Gasteiger partial charge is 0.274 e. The van der Waals surface area contributed by atoms with Crippen LogP contribution in [-0.2, 0) is 0 Å². The minimum Gasteiger partial charge on any atom is -0.393 e. The summed E-state index contributed by atoms with van der Waals surface area (Å²) in [5.41, 5.74) is 1.62. The summed E-state index contributed by atoms with van der Waals surface area (Å²) in [6.07, 6.45) is 2.52. The Morgan fingerprint density at radius 1 is 1.50 bits per heavy atom. The minimum absolute atomic E-state index is 0.145. The van der Waals surface area contributed by atoms with Crippen LogP contribution in [0.5, 0.6) is 0 Å². The van der Waals surface area contributed by atoms with E-state index in [9.17, 15) is 15.2 Å². The first kappa shape index (κ1) is 12.8. The molecule has 5 nitrogen and oxygen atoms in total. The van der Waals surface area contributed by atoms with Crippen LogP contribution in [0.3, 0.4) is 0 Å². The van der Waals surface area contributed by atoms with Crippen molar-refractivity contribution in [1.82, 2.24) is 0 Å². The summed E-state index contributed by atoms with van der Waals surface area (Å²) in [6, 6.07) is 5.06. The molecule has 2 N–H and O–H groups in total. The first-order chi connectivity index (χ1) is 8.58. The molecule has 0 aliphatic heterocycles. The van der Waals surface area contributed by atoms with Crippen LogP contribution in [0.2, 0.25) is 0 Å². The van der Waals surface area contributed by atoms with Gasteiger partial charge in [-0.25, -0.2) is 0 Å². The van der Waals surface area contributed by atoms with E-state index in [1.54, 1.807) is 13.0 Å². The molecule has 2 atom stereocenters. The lowest BCUT2D eigenvalue weighted by Gasteiger charge is -2.13. The van der Waals surface area contributed by atoms with Gasteiger partial charge >= 0.3 is 0 Å². The van der Waals surface area contributed by atoms with E-state index in [2.05, 4.69) is 5.32 Å². The highest BCUT2D eigenvalue weighted by Gasteiger charge is 2.22. The second-order valence-corrected chi connectivity index (χ2v) is 4.92. The first-order valence-electron chi connectivity index (χ1n) is 6.24. The van der Waals surface area contributed by atoms with E-state index in [4.69, 9.17) is 0 Å². The van der Waals surface area contributed by atoms with Gasteiger partial charge in [-0.15, -0.1) is 0 Å². The van der Waals surface area contributed by atoms with Crippen LogP contribution in [-0.4, -0.2) is 22.7 Å². The van der Waals surface area contributed by atoms with Crippen LogP contribution in [0, 0.1) is 23.0 Å². The van der Waals surface area contributed by atoms with Crippen molar-refractivity contribution in [3.05, 3.63) is 33.9 Å². The summed E-state index contributed by atoms with van der Waals surface area (Å²) in [5.74, 6) is 0.457. The van der Waals surface area contributed by atoms with Crippen LogP contribution in [0.1, 0.15) is 24.8 Å². The number of anilines is 1. The molecule has 18 heavy (non-hydrogen) atoms. The molecule has 1 aliphatic carbocycles. The minimum atomic E-state index is -0.361. The van der Waals surface area contributed by atoms with E-state index in [0.717, 1.165) is 31.5 Å². The Balaban J connectivity index is 2.01. The molecule has 0 saturated heterocycles. The van der Waals surface area contributed by atoms with E-state index in [-0.39, 0.29) is 16.7 Å². The Bertz CT molecular complexity index is 448.